The maximum absolute atomic E-state index is 11.3. The zero-order chi connectivity index (χ0) is 10.4. The van der Waals surface area contributed by atoms with E-state index in [1.54, 1.807) is 13.0 Å². The van der Waals surface area contributed by atoms with Gasteiger partial charge in [-0.3, -0.25) is 4.79 Å². The number of nitrogens with zero attached hydrogens (tertiary/aromatic N) is 1. The highest BCUT2D eigenvalue weighted by Crippen LogP contribution is 2.42. The fourth-order valence-corrected chi connectivity index (χ4v) is 1.83. The zero-order valence-corrected chi connectivity index (χ0v) is 8.49. The molecule has 0 amide bonds. The summed E-state index contributed by atoms with van der Waals surface area (Å²) in [6, 6.07) is 5.50. The molecule has 0 N–H and O–H groups in total. The number of hydrogen-bond acceptors (Lipinski definition) is 3. The molecule has 2 aromatic rings. The third-order valence-electron chi connectivity index (χ3n) is 2.87. The van der Waals surface area contributed by atoms with Crippen LogP contribution < -0.4 is 0 Å². The predicted octanol–water partition coefficient (Wildman–Crippen LogP) is 2.91. The molecule has 1 aromatic carbocycles. The standard InChI is InChI=1S/C12H11NO2/c1-7(14)9-4-5-11-10(6-9)12(13-15-11)8-2-3-8/h4-6,8H,2-3H2,1H3. The van der Waals surface area contributed by atoms with Gasteiger partial charge in [-0.25, -0.2) is 0 Å². The monoisotopic (exact) mass is 201 g/mol. The number of Topliss-reactive ketones (excluding diaryl/α,β-unsaturated/α-hetero) is 1. The van der Waals surface area contributed by atoms with E-state index >= 15 is 0 Å². The molecule has 3 rings (SSSR count). The summed E-state index contributed by atoms with van der Waals surface area (Å²) < 4.78 is 5.22. The molecule has 0 bridgehead atoms. The summed E-state index contributed by atoms with van der Waals surface area (Å²) >= 11 is 0. The van der Waals surface area contributed by atoms with E-state index < -0.39 is 0 Å². The smallest absolute Gasteiger partial charge is 0.167 e. The van der Waals surface area contributed by atoms with Crippen molar-refractivity contribution in [2.24, 2.45) is 0 Å². The highest BCUT2D eigenvalue weighted by molar-refractivity contribution is 5.98. The fourth-order valence-electron chi connectivity index (χ4n) is 1.83. The lowest BCUT2D eigenvalue weighted by Crippen LogP contribution is -1.90. The molecule has 0 aliphatic heterocycles. The minimum absolute atomic E-state index is 0.0832. The first-order valence-corrected chi connectivity index (χ1v) is 5.16. The average Bonchev–Trinajstić information content (AvgIpc) is 2.98. The first-order valence-electron chi connectivity index (χ1n) is 5.16. The van der Waals surface area contributed by atoms with Gasteiger partial charge in [-0.2, -0.15) is 0 Å². The summed E-state index contributed by atoms with van der Waals surface area (Å²) in [5.74, 6) is 0.633. The van der Waals surface area contributed by atoms with E-state index in [9.17, 15) is 4.79 Å². The summed E-state index contributed by atoms with van der Waals surface area (Å²) in [4.78, 5) is 11.3. The fraction of sp³-hybridized carbons (Fsp3) is 0.333. The predicted molar refractivity (Wildman–Crippen MR) is 56.0 cm³/mol. The lowest BCUT2D eigenvalue weighted by atomic mass is 10.1. The average molecular weight is 201 g/mol. The molecule has 0 unspecified atom stereocenters. The van der Waals surface area contributed by atoms with Gasteiger partial charge in [0.25, 0.3) is 0 Å². The van der Waals surface area contributed by atoms with Crippen molar-refractivity contribution in [2.45, 2.75) is 25.7 Å². The van der Waals surface area contributed by atoms with Crippen LogP contribution in [0.2, 0.25) is 0 Å². The van der Waals surface area contributed by atoms with E-state index in [0.29, 0.717) is 5.92 Å². The van der Waals surface area contributed by atoms with Gasteiger partial charge in [0.2, 0.25) is 0 Å². The summed E-state index contributed by atoms with van der Waals surface area (Å²) in [7, 11) is 0. The Labute approximate surface area is 87.1 Å². The first-order chi connectivity index (χ1) is 7.25. The van der Waals surface area contributed by atoms with Gasteiger partial charge < -0.3 is 4.52 Å². The summed E-state index contributed by atoms with van der Waals surface area (Å²) in [6.45, 7) is 1.57. The van der Waals surface area contributed by atoms with Gasteiger partial charge in [-0.1, -0.05) is 5.16 Å². The minimum Gasteiger partial charge on any atom is -0.356 e. The van der Waals surface area contributed by atoms with Crippen molar-refractivity contribution in [3.05, 3.63) is 29.5 Å². The highest BCUT2D eigenvalue weighted by atomic mass is 16.5. The van der Waals surface area contributed by atoms with Gasteiger partial charge >= 0.3 is 0 Å². The summed E-state index contributed by atoms with van der Waals surface area (Å²) in [5, 5.41) is 5.08. The van der Waals surface area contributed by atoms with Crippen LogP contribution in [0.15, 0.2) is 22.7 Å². The molecular formula is C12H11NO2. The zero-order valence-electron chi connectivity index (χ0n) is 8.49. The van der Waals surface area contributed by atoms with Crippen LogP contribution in [0.25, 0.3) is 11.0 Å². The number of carbonyl (C=O) groups is 1. The van der Waals surface area contributed by atoms with Crippen molar-refractivity contribution in [2.75, 3.05) is 0 Å². The van der Waals surface area contributed by atoms with Gasteiger partial charge in [0.05, 0.1) is 5.69 Å². The number of fused-ring (bicyclic) bond motifs is 1. The number of benzene rings is 1. The summed E-state index contributed by atoms with van der Waals surface area (Å²) in [6.07, 6.45) is 2.37. The molecule has 15 heavy (non-hydrogen) atoms. The van der Waals surface area contributed by atoms with E-state index in [4.69, 9.17) is 4.52 Å². The quantitative estimate of drug-likeness (QED) is 0.701. The Morgan fingerprint density at radius 1 is 1.47 bits per heavy atom. The van der Waals surface area contributed by atoms with Crippen molar-refractivity contribution in [1.82, 2.24) is 5.16 Å². The molecule has 1 heterocycles. The first kappa shape index (κ1) is 8.65. The Morgan fingerprint density at radius 2 is 2.27 bits per heavy atom. The number of rotatable bonds is 2. The van der Waals surface area contributed by atoms with Crippen LogP contribution in [-0.4, -0.2) is 10.9 Å². The number of carbonyl (C=O) groups excluding carboxylic acids is 1. The number of ketones is 1. The van der Waals surface area contributed by atoms with Crippen LogP contribution >= 0.6 is 0 Å². The molecule has 0 saturated heterocycles. The van der Waals surface area contributed by atoms with E-state index in [-0.39, 0.29) is 5.78 Å². The Kier molecular flexibility index (Phi) is 1.69. The van der Waals surface area contributed by atoms with Gasteiger partial charge in [0, 0.05) is 16.9 Å². The molecule has 3 nitrogen and oxygen atoms in total. The topological polar surface area (TPSA) is 43.1 Å². The molecule has 76 valence electrons. The van der Waals surface area contributed by atoms with E-state index in [0.717, 1.165) is 22.2 Å². The second-order valence-electron chi connectivity index (χ2n) is 4.11. The van der Waals surface area contributed by atoms with Crippen LogP contribution in [0.5, 0.6) is 0 Å². The van der Waals surface area contributed by atoms with Gasteiger partial charge in [-0.05, 0) is 38.0 Å². The second-order valence-corrected chi connectivity index (χ2v) is 4.11. The van der Waals surface area contributed by atoms with E-state index in [2.05, 4.69) is 5.16 Å². The van der Waals surface area contributed by atoms with Crippen molar-refractivity contribution in [3.63, 3.8) is 0 Å². The van der Waals surface area contributed by atoms with Crippen LogP contribution in [-0.2, 0) is 0 Å². The lowest BCUT2D eigenvalue weighted by Gasteiger charge is -1.95. The van der Waals surface area contributed by atoms with Gasteiger partial charge in [0.1, 0.15) is 0 Å². The van der Waals surface area contributed by atoms with Gasteiger partial charge in [-0.15, -0.1) is 0 Å². The molecule has 1 fully saturated rings. The molecule has 0 spiro atoms. The third-order valence-corrected chi connectivity index (χ3v) is 2.87. The van der Waals surface area contributed by atoms with Crippen LogP contribution in [0.4, 0.5) is 0 Å². The Hall–Kier alpha value is -1.64. The van der Waals surface area contributed by atoms with Crippen LogP contribution in [0.1, 0.15) is 41.7 Å². The molecular weight excluding hydrogens is 190 g/mol. The lowest BCUT2D eigenvalue weighted by molar-refractivity contribution is 0.101. The normalized spacial score (nSPS) is 15.8. The van der Waals surface area contributed by atoms with Crippen LogP contribution in [0, 0.1) is 0 Å². The molecule has 1 saturated carbocycles. The van der Waals surface area contributed by atoms with Crippen LogP contribution in [0.3, 0.4) is 0 Å². The summed E-state index contributed by atoms with van der Waals surface area (Å²) in [5.41, 5.74) is 2.53. The Balaban J connectivity index is 2.21. The Morgan fingerprint density at radius 3 is 2.93 bits per heavy atom. The van der Waals surface area contributed by atoms with E-state index in [1.807, 2.05) is 12.1 Å². The van der Waals surface area contributed by atoms with E-state index in [1.165, 1.54) is 12.8 Å². The SMILES string of the molecule is CC(=O)c1ccc2onc(C3CC3)c2c1. The molecule has 0 radical (unpaired) electrons. The molecule has 0 atom stereocenters. The largest absolute Gasteiger partial charge is 0.356 e. The molecule has 1 aliphatic carbocycles. The van der Waals surface area contributed by atoms with Crippen molar-refractivity contribution >= 4 is 16.8 Å². The maximum atomic E-state index is 11.3. The third kappa shape index (κ3) is 1.35. The Bertz CT molecular complexity index is 538. The molecule has 1 aliphatic rings. The minimum atomic E-state index is 0.0832. The maximum Gasteiger partial charge on any atom is 0.167 e. The van der Waals surface area contributed by atoms with Crippen molar-refractivity contribution < 1.29 is 9.32 Å². The number of aromatic nitrogens is 1. The second kappa shape index (κ2) is 2.92. The molecule has 3 heteroatoms. The number of hydrogen-bond donors (Lipinski definition) is 0. The molecule has 1 aromatic heterocycles. The van der Waals surface area contributed by atoms with Crippen molar-refractivity contribution in [3.8, 4) is 0 Å². The van der Waals surface area contributed by atoms with Gasteiger partial charge in [0.15, 0.2) is 11.4 Å². The highest BCUT2D eigenvalue weighted by Gasteiger charge is 2.29. The van der Waals surface area contributed by atoms with Crippen molar-refractivity contribution in [1.29, 1.82) is 0 Å².